The number of rotatable bonds is 6. The second-order valence-corrected chi connectivity index (χ2v) is 5.24. The predicted octanol–water partition coefficient (Wildman–Crippen LogP) is 2.44. The summed E-state index contributed by atoms with van der Waals surface area (Å²) >= 11 is 0. The fraction of sp³-hybridized carbons (Fsp3) is 0.600. The van der Waals surface area contributed by atoms with Gasteiger partial charge >= 0.3 is 0 Å². The maximum atomic E-state index is 12.7. The SMILES string of the molecule is CC(CN1CCCC1)NCCc1ccc(F)cc1. The Hall–Kier alpha value is -0.930. The lowest BCUT2D eigenvalue weighted by molar-refractivity contribution is 0.299. The molecule has 0 aliphatic carbocycles. The van der Waals surface area contributed by atoms with Gasteiger partial charge in [-0.15, -0.1) is 0 Å². The lowest BCUT2D eigenvalue weighted by Crippen LogP contribution is -2.38. The van der Waals surface area contributed by atoms with Crippen LogP contribution in [0.15, 0.2) is 24.3 Å². The first-order valence-electron chi connectivity index (χ1n) is 6.94. The highest BCUT2D eigenvalue weighted by molar-refractivity contribution is 5.16. The summed E-state index contributed by atoms with van der Waals surface area (Å²) in [6.07, 6.45) is 3.66. The third-order valence-corrected chi connectivity index (χ3v) is 3.55. The fourth-order valence-corrected chi connectivity index (χ4v) is 2.53. The highest BCUT2D eigenvalue weighted by atomic mass is 19.1. The van der Waals surface area contributed by atoms with E-state index in [4.69, 9.17) is 0 Å². The first-order chi connectivity index (χ1) is 8.74. The Kier molecular flexibility index (Phi) is 5.14. The minimum Gasteiger partial charge on any atom is -0.313 e. The van der Waals surface area contributed by atoms with Crippen molar-refractivity contribution in [2.45, 2.75) is 32.2 Å². The van der Waals surface area contributed by atoms with E-state index in [0.29, 0.717) is 6.04 Å². The smallest absolute Gasteiger partial charge is 0.123 e. The van der Waals surface area contributed by atoms with E-state index >= 15 is 0 Å². The summed E-state index contributed by atoms with van der Waals surface area (Å²) in [5.74, 6) is -0.158. The molecule has 0 spiro atoms. The summed E-state index contributed by atoms with van der Waals surface area (Å²) in [7, 11) is 0. The van der Waals surface area contributed by atoms with E-state index in [1.165, 1.54) is 43.6 Å². The summed E-state index contributed by atoms with van der Waals surface area (Å²) in [5, 5.41) is 3.54. The van der Waals surface area contributed by atoms with Crippen LogP contribution in [0.3, 0.4) is 0 Å². The van der Waals surface area contributed by atoms with Crippen LogP contribution < -0.4 is 5.32 Å². The lowest BCUT2D eigenvalue weighted by atomic mass is 10.1. The van der Waals surface area contributed by atoms with Crippen LogP contribution in [-0.4, -0.2) is 37.1 Å². The van der Waals surface area contributed by atoms with Gasteiger partial charge in [0.15, 0.2) is 0 Å². The number of hydrogen-bond acceptors (Lipinski definition) is 2. The molecule has 18 heavy (non-hydrogen) atoms. The van der Waals surface area contributed by atoms with Gasteiger partial charge in [0.1, 0.15) is 5.82 Å². The van der Waals surface area contributed by atoms with Crippen LogP contribution in [0.5, 0.6) is 0 Å². The second-order valence-electron chi connectivity index (χ2n) is 5.24. The predicted molar refractivity (Wildman–Crippen MR) is 73.2 cm³/mol. The van der Waals surface area contributed by atoms with Crippen molar-refractivity contribution in [3.63, 3.8) is 0 Å². The highest BCUT2D eigenvalue weighted by Crippen LogP contribution is 2.07. The highest BCUT2D eigenvalue weighted by Gasteiger charge is 2.13. The molecular formula is C15H23FN2. The number of nitrogens with zero attached hydrogens (tertiary/aromatic N) is 1. The largest absolute Gasteiger partial charge is 0.313 e. The summed E-state index contributed by atoms with van der Waals surface area (Å²) < 4.78 is 12.7. The molecule has 1 N–H and O–H groups in total. The molecule has 1 heterocycles. The Morgan fingerprint density at radius 2 is 1.89 bits per heavy atom. The number of hydrogen-bond donors (Lipinski definition) is 1. The van der Waals surface area contributed by atoms with Crippen LogP contribution in [-0.2, 0) is 6.42 Å². The maximum absolute atomic E-state index is 12.7. The normalized spacial score (nSPS) is 18.1. The zero-order valence-electron chi connectivity index (χ0n) is 11.2. The van der Waals surface area contributed by atoms with E-state index in [1.807, 2.05) is 12.1 Å². The standard InChI is InChI=1S/C15H23FN2/c1-13(12-18-10-2-3-11-18)17-9-8-14-4-6-15(16)7-5-14/h4-7,13,17H,2-3,8-12H2,1H3. The Bertz CT molecular complexity index is 344. The molecule has 2 rings (SSSR count). The first kappa shape index (κ1) is 13.5. The molecule has 1 aromatic carbocycles. The van der Waals surface area contributed by atoms with Gasteiger partial charge in [-0.2, -0.15) is 0 Å². The number of likely N-dealkylation sites (tertiary alicyclic amines) is 1. The van der Waals surface area contributed by atoms with Crippen LogP contribution >= 0.6 is 0 Å². The monoisotopic (exact) mass is 250 g/mol. The van der Waals surface area contributed by atoms with Crippen molar-refractivity contribution in [1.82, 2.24) is 10.2 Å². The van der Waals surface area contributed by atoms with Crippen LogP contribution in [0.25, 0.3) is 0 Å². The van der Waals surface area contributed by atoms with Gasteiger partial charge < -0.3 is 10.2 Å². The van der Waals surface area contributed by atoms with Crippen molar-refractivity contribution in [1.29, 1.82) is 0 Å². The van der Waals surface area contributed by atoms with Crippen molar-refractivity contribution in [3.05, 3.63) is 35.6 Å². The van der Waals surface area contributed by atoms with Gasteiger partial charge in [0, 0.05) is 12.6 Å². The molecule has 1 aliphatic heterocycles. The third-order valence-electron chi connectivity index (χ3n) is 3.55. The Balaban J connectivity index is 1.63. The van der Waals surface area contributed by atoms with Gasteiger partial charge in [0.05, 0.1) is 0 Å². The van der Waals surface area contributed by atoms with E-state index in [-0.39, 0.29) is 5.82 Å². The molecule has 100 valence electrons. The van der Waals surface area contributed by atoms with Gasteiger partial charge in [-0.1, -0.05) is 12.1 Å². The van der Waals surface area contributed by atoms with E-state index in [1.54, 1.807) is 0 Å². The van der Waals surface area contributed by atoms with Crippen molar-refractivity contribution < 1.29 is 4.39 Å². The van der Waals surface area contributed by atoms with Crippen LogP contribution in [0.4, 0.5) is 4.39 Å². The quantitative estimate of drug-likeness (QED) is 0.834. The molecule has 0 amide bonds. The van der Waals surface area contributed by atoms with Gasteiger partial charge in [0.2, 0.25) is 0 Å². The summed E-state index contributed by atoms with van der Waals surface area (Å²) in [5.41, 5.74) is 1.19. The molecule has 1 atom stereocenters. The summed E-state index contributed by atoms with van der Waals surface area (Å²) in [4.78, 5) is 2.52. The average Bonchev–Trinajstić information content (AvgIpc) is 2.84. The van der Waals surface area contributed by atoms with Gasteiger partial charge in [-0.3, -0.25) is 0 Å². The number of halogens is 1. The topological polar surface area (TPSA) is 15.3 Å². The van der Waals surface area contributed by atoms with Gasteiger partial charge in [-0.05, 0) is 63.5 Å². The summed E-state index contributed by atoms with van der Waals surface area (Å²) in [6, 6.07) is 7.32. The van der Waals surface area contributed by atoms with Gasteiger partial charge in [-0.25, -0.2) is 4.39 Å². The fourth-order valence-electron chi connectivity index (χ4n) is 2.53. The molecule has 1 aliphatic rings. The van der Waals surface area contributed by atoms with Crippen LogP contribution in [0, 0.1) is 5.82 Å². The molecule has 0 radical (unpaired) electrons. The zero-order chi connectivity index (χ0) is 12.8. The Morgan fingerprint density at radius 3 is 2.56 bits per heavy atom. The lowest BCUT2D eigenvalue weighted by Gasteiger charge is -2.21. The average molecular weight is 250 g/mol. The van der Waals surface area contributed by atoms with Gasteiger partial charge in [0.25, 0.3) is 0 Å². The molecule has 0 aromatic heterocycles. The minimum absolute atomic E-state index is 0.158. The minimum atomic E-state index is -0.158. The Labute approximate surface area is 109 Å². The van der Waals surface area contributed by atoms with Crippen molar-refractivity contribution in [2.24, 2.45) is 0 Å². The molecule has 0 saturated carbocycles. The molecule has 1 unspecified atom stereocenters. The molecule has 1 aromatic rings. The van der Waals surface area contributed by atoms with Crippen molar-refractivity contribution in [3.8, 4) is 0 Å². The van der Waals surface area contributed by atoms with Crippen LogP contribution in [0.2, 0.25) is 0 Å². The molecule has 1 saturated heterocycles. The third kappa shape index (κ3) is 4.39. The summed E-state index contributed by atoms with van der Waals surface area (Å²) in [6.45, 7) is 6.85. The number of nitrogens with one attached hydrogen (secondary N) is 1. The molecule has 1 fully saturated rings. The van der Waals surface area contributed by atoms with Crippen LogP contribution in [0.1, 0.15) is 25.3 Å². The molecule has 0 bridgehead atoms. The van der Waals surface area contributed by atoms with E-state index < -0.39 is 0 Å². The number of benzene rings is 1. The van der Waals surface area contributed by atoms with Crippen molar-refractivity contribution in [2.75, 3.05) is 26.2 Å². The first-order valence-corrected chi connectivity index (χ1v) is 6.94. The zero-order valence-corrected chi connectivity index (χ0v) is 11.2. The van der Waals surface area contributed by atoms with E-state index in [2.05, 4.69) is 17.1 Å². The maximum Gasteiger partial charge on any atom is 0.123 e. The molecular weight excluding hydrogens is 227 g/mol. The molecule has 3 heteroatoms. The molecule has 2 nitrogen and oxygen atoms in total. The van der Waals surface area contributed by atoms with Crippen molar-refractivity contribution >= 4 is 0 Å². The van der Waals surface area contributed by atoms with E-state index in [0.717, 1.165) is 19.5 Å². The van der Waals surface area contributed by atoms with E-state index in [9.17, 15) is 4.39 Å². The Morgan fingerprint density at radius 1 is 1.22 bits per heavy atom. The second kappa shape index (κ2) is 6.86.